The van der Waals surface area contributed by atoms with Gasteiger partial charge in [-0.15, -0.1) is 0 Å². The molecule has 1 amide bonds. The molecule has 1 aliphatic rings. The Morgan fingerprint density at radius 3 is 2.18 bits per heavy atom. The average Bonchev–Trinajstić information content (AvgIpc) is 3.73. The van der Waals surface area contributed by atoms with E-state index in [1.54, 1.807) is 32.6 Å². The first-order valence-electron chi connectivity index (χ1n) is 16.1. The zero-order valence-electron chi connectivity index (χ0n) is 28.3. The largest absolute Gasteiger partial charge is 0.497 e. The van der Waals surface area contributed by atoms with Crippen molar-refractivity contribution in [3.63, 3.8) is 0 Å². The lowest BCUT2D eigenvalue weighted by Crippen LogP contribution is -2.38. The zero-order valence-corrected chi connectivity index (χ0v) is 30.0. The number of rotatable bonds is 13. The number of benzene rings is 3. The Morgan fingerprint density at radius 1 is 1.02 bits per heavy atom. The van der Waals surface area contributed by atoms with Crippen molar-refractivity contribution in [2.75, 3.05) is 32.8 Å². The highest BCUT2D eigenvalue weighted by molar-refractivity contribution is 7.79. The normalized spacial score (nSPS) is 18.3. The lowest BCUT2D eigenvalue weighted by Gasteiger charge is -2.37. The molecule has 3 heterocycles. The molecule has 2 N–H and O–H groups in total. The third kappa shape index (κ3) is 7.26. The fourth-order valence-electron chi connectivity index (χ4n) is 6.06. The molecular weight excluding hydrogens is 681 g/mol. The van der Waals surface area contributed by atoms with Gasteiger partial charge in [0.05, 0.1) is 33.3 Å². The standard InChI is InChI=1S/C36H39ClN5O7P/c1-22(2)33(43)40-35-39-32-31(34(44)41-35)38-21-42(32)30-19-28(49-50(5)37)29(48-30)20-47-36(23-9-7-6-8-10-23,24-11-15-26(45-3)16-12-24)25-13-17-27(46-4)18-14-25/h6-18,21-22,28-30H,19-20H2,1-5H3,(H2,39,40,41,43,44)/t28-,29+,30+,50?/m0/s1. The number of carbonyl (C=O) groups is 1. The van der Waals surface area contributed by atoms with Crippen molar-refractivity contribution in [2.45, 2.75) is 44.3 Å². The van der Waals surface area contributed by atoms with Crippen molar-refractivity contribution in [2.24, 2.45) is 5.92 Å². The van der Waals surface area contributed by atoms with Crippen LogP contribution in [0.15, 0.2) is 90.0 Å². The number of amides is 1. The number of anilines is 1. The molecule has 3 aromatic carbocycles. The van der Waals surface area contributed by atoms with E-state index in [4.69, 9.17) is 34.7 Å². The number of carbonyl (C=O) groups excluding carboxylic acids is 1. The van der Waals surface area contributed by atoms with E-state index in [1.807, 2.05) is 85.5 Å². The van der Waals surface area contributed by atoms with E-state index < -0.39 is 37.1 Å². The first-order chi connectivity index (χ1) is 24.1. The Morgan fingerprint density at radius 2 is 1.62 bits per heavy atom. The van der Waals surface area contributed by atoms with E-state index in [0.29, 0.717) is 17.9 Å². The van der Waals surface area contributed by atoms with Crippen LogP contribution in [0.25, 0.3) is 11.2 Å². The third-order valence-corrected chi connectivity index (χ3v) is 9.41. The van der Waals surface area contributed by atoms with Gasteiger partial charge < -0.3 is 23.5 Å². The Balaban J connectivity index is 1.38. The summed E-state index contributed by atoms with van der Waals surface area (Å²) in [4.78, 5) is 36.7. The van der Waals surface area contributed by atoms with Gasteiger partial charge in [-0.05, 0) is 47.6 Å². The highest BCUT2D eigenvalue weighted by Gasteiger charge is 2.43. The predicted molar refractivity (Wildman–Crippen MR) is 192 cm³/mol. The topological polar surface area (TPSA) is 139 Å². The number of ether oxygens (including phenoxy) is 4. The number of hydrogen-bond acceptors (Lipinski definition) is 9. The minimum Gasteiger partial charge on any atom is -0.497 e. The van der Waals surface area contributed by atoms with Gasteiger partial charge in [0.2, 0.25) is 11.9 Å². The number of nitrogens with zero attached hydrogens (tertiary/aromatic N) is 3. The van der Waals surface area contributed by atoms with Gasteiger partial charge in [0.25, 0.3) is 5.56 Å². The summed E-state index contributed by atoms with van der Waals surface area (Å²) in [5.41, 5.74) is 1.46. The molecule has 12 nitrogen and oxygen atoms in total. The second-order valence-electron chi connectivity index (χ2n) is 12.1. The summed E-state index contributed by atoms with van der Waals surface area (Å²) in [6, 6.07) is 25.5. The molecule has 14 heteroatoms. The SMILES string of the molecule is COc1ccc(C(OC[C@H]2O[C@@H](n3cnc4c(=O)[nH]c(NC(=O)C(C)C)nc43)C[C@@H]2OP(C)Cl)(c2ccccc2)c2ccc(OC)cc2)cc1. The van der Waals surface area contributed by atoms with Gasteiger partial charge in [-0.3, -0.25) is 24.5 Å². The van der Waals surface area contributed by atoms with Crippen molar-refractivity contribution >= 4 is 41.8 Å². The molecule has 0 radical (unpaired) electrons. The molecule has 6 rings (SSSR count). The average molecular weight is 720 g/mol. The van der Waals surface area contributed by atoms with Gasteiger partial charge in [0, 0.05) is 12.3 Å². The van der Waals surface area contributed by atoms with Crippen LogP contribution in [0.3, 0.4) is 0 Å². The van der Waals surface area contributed by atoms with Crippen LogP contribution in [0, 0.1) is 5.92 Å². The Kier molecular flexibility index (Phi) is 10.9. The number of halogens is 1. The van der Waals surface area contributed by atoms with E-state index in [0.717, 1.165) is 16.7 Å². The molecule has 262 valence electrons. The summed E-state index contributed by atoms with van der Waals surface area (Å²) in [7, 11) is 1.97. The fourth-order valence-corrected chi connectivity index (χ4v) is 6.96. The number of aromatic nitrogens is 4. The van der Waals surface area contributed by atoms with Crippen molar-refractivity contribution in [1.29, 1.82) is 0 Å². The van der Waals surface area contributed by atoms with Gasteiger partial charge in [0.15, 0.2) is 11.2 Å². The summed E-state index contributed by atoms with van der Waals surface area (Å²) >= 11 is 6.45. The van der Waals surface area contributed by atoms with Crippen LogP contribution in [-0.4, -0.2) is 65.1 Å². The number of H-pyrrole nitrogens is 1. The molecule has 5 aromatic rings. The molecule has 1 fully saturated rings. The first-order valence-corrected chi connectivity index (χ1v) is 18.7. The lowest BCUT2D eigenvalue weighted by molar-refractivity contribution is -0.118. The van der Waals surface area contributed by atoms with E-state index >= 15 is 0 Å². The van der Waals surface area contributed by atoms with E-state index in [-0.39, 0.29) is 35.5 Å². The molecule has 50 heavy (non-hydrogen) atoms. The Labute approximate surface area is 295 Å². The number of aromatic amines is 1. The maximum Gasteiger partial charge on any atom is 0.280 e. The third-order valence-electron chi connectivity index (χ3n) is 8.61. The van der Waals surface area contributed by atoms with Crippen LogP contribution in [0.5, 0.6) is 11.5 Å². The number of nitrogens with one attached hydrogen (secondary N) is 2. The van der Waals surface area contributed by atoms with E-state index in [9.17, 15) is 9.59 Å². The summed E-state index contributed by atoms with van der Waals surface area (Å²) in [5, 5.41) is 2.66. The molecule has 1 unspecified atom stereocenters. The molecule has 0 bridgehead atoms. The number of hydrogen-bond donors (Lipinski definition) is 2. The minimum atomic E-state index is -1.29. The molecule has 1 saturated heterocycles. The Bertz CT molecular complexity index is 1920. The monoisotopic (exact) mass is 719 g/mol. The van der Waals surface area contributed by atoms with Crippen LogP contribution in [0.4, 0.5) is 5.95 Å². The van der Waals surface area contributed by atoms with Crippen LogP contribution < -0.4 is 20.3 Å². The molecule has 0 aliphatic carbocycles. The van der Waals surface area contributed by atoms with Gasteiger partial charge in [0.1, 0.15) is 36.9 Å². The zero-order chi connectivity index (χ0) is 35.4. The van der Waals surface area contributed by atoms with Crippen LogP contribution in [0.1, 0.15) is 43.2 Å². The first kappa shape index (κ1) is 35.5. The van der Waals surface area contributed by atoms with Crippen molar-refractivity contribution in [3.05, 3.63) is 112 Å². The summed E-state index contributed by atoms with van der Waals surface area (Å²) in [6.45, 7) is 5.41. The van der Waals surface area contributed by atoms with E-state index in [2.05, 4.69) is 20.3 Å². The molecule has 4 atom stereocenters. The second kappa shape index (κ2) is 15.3. The van der Waals surface area contributed by atoms with Crippen molar-refractivity contribution < 1.29 is 28.3 Å². The summed E-state index contributed by atoms with van der Waals surface area (Å²) < 4.78 is 32.6. The minimum absolute atomic E-state index is 0.0260. The molecule has 1 aliphatic heterocycles. The summed E-state index contributed by atoms with van der Waals surface area (Å²) in [6.07, 6.45) is 0.215. The molecular formula is C36H39ClN5O7P. The fraction of sp³-hybridized carbons (Fsp3) is 0.333. The van der Waals surface area contributed by atoms with Crippen LogP contribution in [0.2, 0.25) is 0 Å². The van der Waals surface area contributed by atoms with Crippen LogP contribution >= 0.6 is 18.7 Å². The quantitative estimate of drug-likeness (QED) is 0.102. The predicted octanol–water partition coefficient (Wildman–Crippen LogP) is 6.59. The van der Waals surface area contributed by atoms with Gasteiger partial charge in [-0.1, -0.05) is 79.7 Å². The van der Waals surface area contributed by atoms with E-state index in [1.165, 1.54) is 6.33 Å². The van der Waals surface area contributed by atoms with Crippen LogP contribution in [-0.2, 0) is 24.4 Å². The highest BCUT2D eigenvalue weighted by atomic mass is 35.7. The second-order valence-corrected chi connectivity index (χ2v) is 14.6. The highest BCUT2D eigenvalue weighted by Crippen LogP contribution is 2.46. The van der Waals surface area contributed by atoms with Gasteiger partial charge in [-0.2, -0.15) is 4.98 Å². The van der Waals surface area contributed by atoms with Crippen molar-refractivity contribution in [3.8, 4) is 11.5 Å². The van der Waals surface area contributed by atoms with Crippen molar-refractivity contribution in [1.82, 2.24) is 19.5 Å². The Hall–Kier alpha value is -4.32. The number of methoxy groups -OCH3 is 2. The number of imidazole rings is 1. The molecule has 0 saturated carbocycles. The lowest BCUT2D eigenvalue weighted by atomic mass is 9.80. The van der Waals surface area contributed by atoms with Gasteiger partial charge >= 0.3 is 0 Å². The van der Waals surface area contributed by atoms with Gasteiger partial charge in [-0.25, -0.2) is 4.98 Å². The molecule has 0 spiro atoms. The maximum atomic E-state index is 12.9. The molecule has 2 aromatic heterocycles. The smallest absolute Gasteiger partial charge is 0.280 e. The summed E-state index contributed by atoms with van der Waals surface area (Å²) in [5.74, 6) is 0.863. The maximum absolute atomic E-state index is 12.9. The number of fused-ring (bicyclic) bond motifs is 1.